The molecule has 1 aliphatic rings. The summed E-state index contributed by atoms with van der Waals surface area (Å²) in [6, 6.07) is 0. The molecule has 1 aliphatic heterocycles. The van der Waals surface area contributed by atoms with E-state index in [1.807, 2.05) is 0 Å². The Bertz CT molecular complexity index is 330. The smallest absolute Gasteiger partial charge is 0.311 e. The van der Waals surface area contributed by atoms with Gasteiger partial charge in [0.15, 0.2) is 0 Å². The largest absolute Gasteiger partial charge is 0.481 e. The number of carbonyl (C=O) groups is 2. The first-order valence-electron chi connectivity index (χ1n) is 6.52. The van der Waals surface area contributed by atoms with Crippen molar-refractivity contribution < 1.29 is 14.7 Å². The number of carboxylic acid groups (broad SMARTS) is 1. The number of carboxylic acids is 1. The van der Waals surface area contributed by atoms with Crippen molar-refractivity contribution >= 4 is 11.9 Å². The van der Waals surface area contributed by atoms with Gasteiger partial charge in [-0.15, -0.1) is 0 Å². The van der Waals surface area contributed by atoms with Crippen LogP contribution in [0.5, 0.6) is 0 Å². The average Bonchev–Trinajstić information content (AvgIpc) is 2.69. The Morgan fingerprint density at radius 2 is 2.06 bits per heavy atom. The van der Waals surface area contributed by atoms with Crippen LogP contribution in [0, 0.1) is 17.3 Å². The summed E-state index contributed by atoms with van der Waals surface area (Å²) in [5, 5.41) is 9.15. The van der Waals surface area contributed by atoms with Gasteiger partial charge in [-0.25, -0.2) is 0 Å². The van der Waals surface area contributed by atoms with Crippen molar-refractivity contribution in [1.29, 1.82) is 0 Å². The van der Waals surface area contributed by atoms with Crippen LogP contribution in [0.25, 0.3) is 0 Å². The molecule has 18 heavy (non-hydrogen) atoms. The van der Waals surface area contributed by atoms with Gasteiger partial charge in [0.2, 0.25) is 5.91 Å². The molecule has 2 atom stereocenters. The van der Waals surface area contributed by atoms with Gasteiger partial charge >= 0.3 is 5.97 Å². The lowest BCUT2D eigenvalue weighted by Crippen LogP contribution is -2.40. The van der Waals surface area contributed by atoms with Gasteiger partial charge in [-0.3, -0.25) is 9.59 Å². The van der Waals surface area contributed by atoms with E-state index in [0.717, 1.165) is 6.42 Å². The zero-order valence-electron chi connectivity index (χ0n) is 11.5. The highest BCUT2D eigenvalue weighted by Crippen LogP contribution is 2.31. The molecule has 0 aromatic heterocycles. The number of hydrogen-bond donors (Lipinski definition) is 2. The Balaban J connectivity index is 2.66. The van der Waals surface area contributed by atoms with Crippen LogP contribution >= 0.6 is 0 Å². The molecule has 1 amide bonds. The minimum atomic E-state index is -0.828. The molecule has 5 nitrogen and oxygen atoms in total. The number of aliphatic carboxylic acids is 1. The fourth-order valence-corrected chi connectivity index (χ4v) is 2.45. The summed E-state index contributed by atoms with van der Waals surface area (Å²) in [6.45, 7) is 6.97. The van der Waals surface area contributed by atoms with Crippen LogP contribution in [0.1, 0.15) is 33.6 Å². The molecule has 1 fully saturated rings. The van der Waals surface area contributed by atoms with Crippen LogP contribution in [0.2, 0.25) is 0 Å². The molecule has 1 heterocycles. The van der Waals surface area contributed by atoms with E-state index in [-0.39, 0.29) is 11.8 Å². The summed E-state index contributed by atoms with van der Waals surface area (Å²) in [5.41, 5.74) is 4.85. The monoisotopic (exact) mass is 256 g/mol. The average molecular weight is 256 g/mol. The second-order valence-corrected chi connectivity index (χ2v) is 5.94. The quantitative estimate of drug-likeness (QED) is 0.766. The van der Waals surface area contributed by atoms with Gasteiger partial charge in [0, 0.05) is 19.6 Å². The van der Waals surface area contributed by atoms with E-state index in [0.29, 0.717) is 32.0 Å². The second-order valence-electron chi connectivity index (χ2n) is 5.94. The molecule has 0 aliphatic carbocycles. The van der Waals surface area contributed by atoms with Crippen molar-refractivity contribution in [3.8, 4) is 0 Å². The molecule has 0 aromatic rings. The first kappa shape index (κ1) is 15.0. The Hall–Kier alpha value is -1.10. The summed E-state index contributed by atoms with van der Waals surface area (Å²) in [5.74, 6) is -0.584. The fraction of sp³-hybridized carbons (Fsp3) is 0.846. The topological polar surface area (TPSA) is 83.6 Å². The van der Waals surface area contributed by atoms with Crippen molar-refractivity contribution in [2.75, 3.05) is 19.6 Å². The molecule has 0 bridgehead atoms. The summed E-state index contributed by atoms with van der Waals surface area (Å²) < 4.78 is 0. The number of nitrogens with two attached hydrogens (primary N) is 1. The molecule has 3 N–H and O–H groups in total. The van der Waals surface area contributed by atoms with Gasteiger partial charge in [-0.1, -0.05) is 13.8 Å². The number of hydrogen-bond acceptors (Lipinski definition) is 3. The molecule has 1 rings (SSSR count). The Labute approximate surface area is 108 Å². The molecule has 1 saturated heterocycles. The maximum Gasteiger partial charge on any atom is 0.311 e. The van der Waals surface area contributed by atoms with Crippen LogP contribution in [-0.2, 0) is 9.59 Å². The molecular weight excluding hydrogens is 232 g/mol. The number of nitrogens with zero attached hydrogens (tertiary/aromatic N) is 1. The molecule has 0 radical (unpaired) electrons. The third-order valence-corrected chi connectivity index (χ3v) is 3.69. The molecule has 0 aromatic carbocycles. The summed E-state index contributed by atoms with van der Waals surface area (Å²) in [4.78, 5) is 25.1. The van der Waals surface area contributed by atoms with Crippen molar-refractivity contribution in [2.24, 2.45) is 23.0 Å². The highest BCUT2D eigenvalue weighted by molar-refractivity contribution is 5.82. The lowest BCUT2D eigenvalue weighted by Gasteiger charge is -2.25. The van der Waals surface area contributed by atoms with Gasteiger partial charge in [0.1, 0.15) is 0 Å². The molecule has 0 spiro atoms. The van der Waals surface area contributed by atoms with E-state index in [9.17, 15) is 9.59 Å². The van der Waals surface area contributed by atoms with Crippen LogP contribution in [0.15, 0.2) is 0 Å². The Morgan fingerprint density at radius 1 is 1.44 bits per heavy atom. The predicted octanol–water partition coefficient (Wildman–Crippen LogP) is 0.931. The Kier molecular flexibility index (Phi) is 4.73. The lowest BCUT2D eigenvalue weighted by atomic mass is 9.90. The van der Waals surface area contributed by atoms with Crippen LogP contribution in [0.3, 0.4) is 0 Å². The van der Waals surface area contributed by atoms with Crippen molar-refractivity contribution in [3.63, 3.8) is 0 Å². The normalized spacial score (nSPS) is 25.5. The van der Waals surface area contributed by atoms with Gasteiger partial charge in [0.25, 0.3) is 0 Å². The predicted molar refractivity (Wildman–Crippen MR) is 68.9 cm³/mol. The number of rotatable bonds is 5. The minimum Gasteiger partial charge on any atom is -0.481 e. The van der Waals surface area contributed by atoms with E-state index < -0.39 is 11.4 Å². The van der Waals surface area contributed by atoms with Gasteiger partial charge < -0.3 is 15.7 Å². The van der Waals surface area contributed by atoms with Gasteiger partial charge in [-0.05, 0) is 25.7 Å². The van der Waals surface area contributed by atoms with Crippen molar-refractivity contribution in [3.05, 3.63) is 0 Å². The number of likely N-dealkylation sites (tertiary alicyclic amines) is 1. The molecule has 0 saturated carbocycles. The summed E-state index contributed by atoms with van der Waals surface area (Å²) >= 11 is 0. The van der Waals surface area contributed by atoms with Crippen molar-refractivity contribution in [2.45, 2.75) is 33.6 Å². The van der Waals surface area contributed by atoms with Crippen LogP contribution in [0.4, 0.5) is 0 Å². The number of amides is 1. The molecule has 104 valence electrons. The third-order valence-electron chi connectivity index (χ3n) is 3.69. The standard InChI is InChI=1S/C13H24N2O3/c1-9(2)6-10(7-14)11(16)15-5-4-13(3,8-15)12(17)18/h9-10H,4-8,14H2,1-3H3,(H,17,18). The third kappa shape index (κ3) is 3.22. The maximum atomic E-state index is 12.3. The number of carbonyl (C=O) groups excluding carboxylic acids is 1. The maximum absolute atomic E-state index is 12.3. The molecule has 2 unspecified atom stereocenters. The lowest BCUT2D eigenvalue weighted by molar-refractivity contribution is -0.147. The first-order valence-corrected chi connectivity index (χ1v) is 6.52. The van der Waals surface area contributed by atoms with E-state index in [2.05, 4.69) is 13.8 Å². The van der Waals surface area contributed by atoms with Gasteiger partial charge in [-0.2, -0.15) is 0 Å². The summed E-state index contributed by atoms with van der Waals surface area (Å²) in [6.07, 6.45) is 1.28. The van der Waals surface area contributed by atoms with E-state index in [1.54, 1.807) is 11.8 Å². The minimum absolute atomic E-state index is 0.0103. The fourth-order valence-electron chi connectivity index (χ4n) is 2.45. The SMILES string of the molecule is CC(C)CC(CN)C(=O)N1CCC(C)(C(=O)O)C1. The molecular formula is C13H24N2O3. The zero-order valence-corrected chi connectivity index (χ0v) is 11.5. The van der Waals surface area contributed by atoms with Crippen LogP contribution in [-0.4, -0.2) is 41.5 Å². The zero-order chi connectivity index (χ0) is 13.9. The highest BCUT2D eigenvalue weighted by Gasteiger charge is 2.43. The first-order chi connectivity index (χ1) is 8.30. The van der Waals surface area contributed by atoms with Crippen LogP contribution < -0.4 is 5.73 Å². The highest BCUT2D eigenvalue weighted by atomic mass is 16.4. The van der Waals surface area contributed by atoms with Crippen molar-refractivity contribution in [1.82, 2.24) is 4.90 Å². The van der Waals surface area contributed by atoms with Gasteiger partial charge in [0.05, 0.1) is 11.3 Å². The Morgan fingerprint density at radius 3 is 2.44 bits per heavy atom. The summed E-state index contributed by atoms with van der Waals surface area (Å²) in [7, 11) is 0. The molecule has 5 heteroatoms. The van der Waals surface area contributed by atoms with E-state index in [1.165, 1.54) is 0 Å². The second kappa shape index (κ2) is 5.69. The van der Waals surface area contributed by atoms with E-state index >= 15 is 0 Å². The van der Waals surface area contributed by atoms with E-state index in [4.69, 9.17) is 10.8 Å².